The molecule has 1 aliphatic heterocycles. The summed E-state index contributed by atoms with van der Waals surface area (Å²) >= 11 is 0. The van der Waals surface area contributed by atoms with Crippen molar-refractivity contribution in [2.24, 2.45) is 5.92 Å². The minimum absolute atomic E-state index is 0.283. The largest absolute Gasteiger partial charge is 0.497 e. The molecule has 0 amide bonds. The minimum Gasteiger partial charge on any atom is -0.497 e. The third kappa shape index (κ3) is 5.44. The summed E-state index contributed by atoms with van der Waals surface area (Å²) in [4.78, 5) is 13.3. The monoisotopic (exact) mass is 365 g/mol. The van der Waals surface area contributed by atoms with Crippen LogP contribution in [0.1, 0.15) is 30.4 Å². The molecule has 0 saturated carbocycles. The Morgan fingerprint density at radius 2 is 1.96 bits per heavy atom. The minimum atomic E-state index is -0.689. The van der Waals surface area contributed by atoms with Gasteiger partial charge in [-0.05, 0) is 54.1 Å². The number of hydrogen-bond acceptors (Lipinski definition) is 3. The normalized spacial score (nSPS) is 17.8. The molecule has 2 aromatic carbocycles. The van der Waals surface area contributed by atoms with Crippen LogP contribution < -0.4 is 4.74 Å². The summed E-state index contributed by atoms with van der Waals surface area (Å²) in [5.74, 6) is 0.454. The number of aliphatic carboxylic acids is 1. The van der Waals surface area contributed by atoms with E-state index in [1.165, 1.54) is 11.1 Å². The van der Waals surface area contributed by atoms with E-state index < -0.39 is 5.97 Å². The first-order chi connectivity index (χ1) is 13.2. The number of ether oxygens (including phenoxy) is 1. The molecule has 0 bridgehead atoms. The van der Waals surface area contributed by atoms with Gasteiger partial charge in [0.2, 0.25) is 0 Å². The summed E-state index contributed by atoms with van der Waals surface area (Å²) in [6, 6.07) is 18.5. The zero-order valence-electron chi connectivity index (χ0n) is 15.8. The second kappa shape index (κ2) is 9.38. The van der Waals surface area contributed by atoms with Crippen LogP contribution in [-0.4, -0.2) is 42.7 Å². The molecule has 3 rings (SSSR count). The highest BCUT2D eigenvalue weighted by Crippen LogP contribution is 2.27. The SMILES string of the molecule is COc1cccc(C(=CCCN2CCC(CC(=O)O)C2)c2ccccc2)c1. The Bertz CT molecular complexity index is 785. The van der Waals surface area contributed by atoms with E-state index in [2.05, 4.69) is 47.4 Å². The van der Waals surface area contributed by atoms with Gasteiger partial charge in [0.25, 0.3) is 0 Å². The zero-order valence-corrected chi connectivity index (χ0v) is 15.8. The molecule has 4 heteroatoms. The molecule has 1 unspecified atom stereocenters. The Hall–Kier alpha value is -2.59. The van der Waals surface area contributed by atoms with Gasteiger partial charge in [0, 0.05) is 19.5 Å². The quantitative estimate of drug-likeness (QED) is 0.757. The molecule has 1 N–H and O–H groups in total. The van der Waals surface area contributed by atoms with E-state index in [1.54, 1.807) is 7.11 Å². The maximum atomic E-state index is 10.9. The highest BCUT2D eigenvalue weighted by Gasteiger charge is 2.23. The highest BCUT2D eigenvalue weighted by atomic mass is 16.5. The maximum Gasteiger partial charge on any atom is 0.303 e. The fraction of sp³-hybridized carbons (Fsp3) is 0.348. The summed E-state index contributed by atoms with van der Waals surface area (Å²) < 4.78 is 5.39. The Balaban J connectivity index is 1.71. The van der Waals surface area contributed by atoms with Crippen molar-refractivity contribution in [1.82, 2.24) is 4.90 Å². The van der Waals surface area contributed by atoms with Gasteiger partial charge < -0.3 is 14.7 Å². The van der Waals surface area contributed by atoms with Crippen LogP contribution in [-0.2, 0) is 4.79 Å². The standard InChI is InChI=1S/C23H27NO3/c1-27-21-10-5-9-20(16-21)22(19-7-3-2-4-8-19)11-6-13-24-14-12-18(17-24)15-23(25)26/h2-5,7-11,16,18H,6,12-15,17H2,1H3,(H,25,26). The average molecular weight is 365 g/mol. The second-order valence-corrected chi connectivity index (χ2v) is 7.06. The van der Waals surface area contributed by atoms with Crippen LogP contribution in [0.15, 0.2) is 60.7 Å². The molecule has 1 saturated heterocycles. The number of hydrogen-bond donors (Lipinski definition) is 1. The van der Waals surface area contributed by atoms with Crippen molar-refractivity contribution in [2.45, 2.75) is 19.3 Å². The lowest BCUT2D eigenvalue weighted by atomic mass is 9.96. The van der Waals surface area contributed by atoms with Crippen LogP contribution >= 0.6 is 0 Å². The summed E-state index contributed by atoms with van der Waals surface area (Å²) in [6.45, 7) is 2.84. The van der Waals surface area contributed by atoms with Gasteiger partial charge in [0.1, 0.15) is 5.75 Å². The van der Waals surface area contributed by atoms with E-state index >= 15 is 0 Å². The van der Waals surface area contributed by atoms with Gasteiger partial charge >= 0.3 is 5.97 Å². The van der Waals surface area contributed by atoms with Crippen molar-refractivity contribution >= 4 is 11.5 Å². The van der Waals surface area contributed by atoms with Gasteiger partial charge in [-0.3, -0.25) is 4.79 Å². The number of methoxy groups -OCH3 is 1. The van der Waals surface area contributed by atoms with Gasteiger partial charge in [-0.15, -0.1) is 0 Å². The van der Waals surface area contributed by atoms with Crippen molar-refractivity contribution in [2.75, 3.05) is 26.7 Å². The molecular weight excluding hydrogens is 338 g/mol. The lowest BCUT2D eigenvalue weighted by molar-refractivity contribution is -0.138. The third-order valence-corrected chi connectivity index (χ3v) is 5.09. The Labute approximate surface area is 161 Å². The number of likely N-dealkylation sites (tertiary alicyclic amines) is 1. The van der Waals surface area contributed by atoms with Gasteiger partial charge in [-0.1, -0.05) is 48.5 Å². The highest BCUT2D eigenvalue weighted by molar-refractivity contribution is 5.80. The molecule has 142 valence electrons. The first-order valence-electron chi connectivity index (χ1n) is 9.50. The van der Waals surface area contributed by atoms with E-state index in [0.29, 0.717) is 5.92 Å². The Kier molecular flexibility index (Phi) is 6.66. The number of carboxylic acids is 1. The second-order valence-electron chi connectivity index (χ2n) is 7.06. The molecule has 0 radical (unpaired) electrons. The summed E-state index contributed by atoms with van der Waals surface area (Å²) in [5, 5.41) is 8.97. The zero-order chi connectivity index (χ0) is 19.1. The number of rotatable bonds is 8. The van der Waals surface area contributed by atoms with Gasteiger partial charge in [0.05, 0.1) is 7.11 Å². The van der Waals surface area contributed by atoms with Crippen LogP contribution in [0.25, 0.3) is 5.57 Å². The van der Waals surface area contributed by atoms with E-state index in [1.807, 2.05) is 18.2 Å². The Morgan fingerprint density at radius 3 is 2.70 bits per heavy atom. The first kappa shape index (κ1) is 19.2. The van der Waals surface area contributed by atoms with Crippen molar-refractivity contribution < 1.29 is 14.6 Å². The molecule has 0 aliphatic carbocycles. The van der Waals surface area contributed by atoms with Gasteiger partial charge in [-0.2, -0.15) is 0 Å². The molecule has 0 spiro atoms. The first-order valence-corrected chi connectivity index (χ1v) is 9.50. The fourth-order valence-corrected chi connectivity index (χ4v) is 3.73. The van der Waals surface area contributed by atoms with Gasteiger partial charge in [0.15, 0.2) is 0 Å². The molecule has 4 nitrogen and oxygen atoms in total. The third-order valence-electron chi connectivity index (χ3n) is 5.09. The topological polar surface area (TPSA) is 49.8 Å². The average Bonchev–Trinajstić information content (AvgIpc) is 3.12. The van der Waals surface area contributed by atoms with Crippen molar-refractivity contribution in [1.29, 1.82) is 0 Å². The predicted molar refractivity (Wildman–Crippen MR) is 108 cm³/mol. The molecule has 1 atom stereocenters. The van der Waals surface area contributed by atoms with Crippen LogP contribution in [0.2, 0.25) is 0 Å². The molecule has 1 aliphatic rings. The molecule has 1 fully saturated rings. The van der Waals surface area contributed by atoms with Crippen molar-refractivity contribution in [3.8, 4) is 5.75 Å². The maximum absolute atomic E-state index is 10.9. The number of carbonyl (C=O) groups is 1. The van der Waals surface area contributed by atoms with Gasteiger partial charge in [-0.25, -0.2) is 0 Å². The van der Waals surface area contributed by atoms with E-state index in [4.69, 9.17) is 9.84 Å². The summed E-state index contributed by atoms with van der Waals surface area (Å²) in [5.41, 5.74) is 3.54. The van der Waals surface area contributed by atoms with Crippen molar-refractivity contribution in [3.63, 3.8) is 0 Å². The lowest BCUT2D eigenvalue weighted by Crippen LogP contribution is -2.22. The molecular formula is C23H27NO3. The van der Waals surface area contributed by atoms with Crippen LogP contribution in [0.4, 0.5) is 0 Å². The summed E-state index contributed by atoms with van der Waals surface area (Å²) in [6.07, 6.45) is 4.48. The fourth-order valence-electron chi connectivity index (χ4n) is 3.73. The molecule has 1 heterocycles. The van der Waals surface area contributed by atoms with Crippen LogP contribution in [0.3, 0.4) is 0 Å². The molecule has 2 aromatic rings. The summed E-state index contributed by atoms with van der Waals surface area (Å²) in [7, 11) is 1.69. The number of benzene rings is 2. The van der Waals surface area contributed by atoms with Crippen LogP contribution in [0.5, 0.6) is 5.75 Å². The van der Waals surface area contributed by atoms with Crippen molar-refractivity contribution in [3.05, 3.63) is 71.8 Å². The van der Waals surface area contributed by atoms with E-state index in [9.17, 15) is 4.79 Å². The van der Waals surface area contributed by atoms with E-state index in [0.717, 1.165) is 43.8 Å². The molecule has 0 aromatic heterocycles. The number of nitrogens with zero attached hydrogens (tertiary/aromatic N) is 1. The smallest absolute Gasteiger partial charge is 0.303 e. The lowest BCUT2D eigenvalue weighted by Gasteiger charge is -2.15. The Morgan fingerprint density at radius 1 is 1.19 bits per heavy atom. The molecule has 27 heavy (non-hydrogen) atoms. The van der Waals surface area contributed by atoms with E-state index in [-0.39, 0.29) is 6.42 Å². The number of carboxylic acid groups (broad SMARTS) is 1. The predicted octanol–water partition coefficient (Wildman–Crippen LogP) is 4.31. The van der Waals surface area contributed by atoms with Crippen LogP contribution in [0, 0.1) is 5.92 Å².